The fourth-order valence-corrected chi connectivity index (χ4v) is 2.90. The maximum Gasteiger partial charge on any atom is 0.330 e. The van der Waals surface area contributed by atoms with Crippen LogP contribution in [0.4, 0.5) is 0 Å². The molecule has 2 N–H and O–H groups in total. The molecule has 134 valence electrons. The number of rotatable bonds is 7. The van der Waals surface area contributed by atoms with Crippen molar-refractivity contribution in [3.63, 3.8) is 0 Å². The van der Waals surface area contributed by atoms with Crippen molar-refractivity contribution < 1.29 is 24.2 Å². The number of aliphatic carboxylic acids is 1. The minimum atomic E-state index is -1.15. The maximum atomic E-state index is 12.1. The zero-order valence-electron chi connectivity index (χ0n) is 14.1. The van der Waals surface area contributed by atoms with Gasteiger partial charge in [-0.3, -0.25) is 9.59 Å². The molecule has 1 unspecified atom stereocenters. The van der Waals surface area contributed by atoms with Crippen LogP contribution in [0.5, 0.6) is 5.75 Å². The van der Waals surface area contributed by atoms with E-state index in [1.54, 1.807) is 42.5 Å². The van der Waals surface area contributed by atoms with Crippen LogP contribution in [0, 0.1) is 0 Å². The molecule has 2 aromatic carbocycles. The van der Waals surface area contributed by atoms with Crippen molar-refractivity contribution in [1.82, 2.24) is 5.32 Å². The van der Waals surface area contributed by atoms with Gasteiger partial charge >= 0.3 is 5.97 Å². The van der Waals surface area contributed by atoms with Gasteiger partial charge in [0.1, 0.15) is 5.75 Å². The molecule has 0 radical (unpaired) electrons. The van der Waals surface area contributed by atoms with E-state index in [4.69, 9.17) is 4.74 Å². The van der Waals surface area contributed by atoms with E-state index in [0.29, 0.717) is 17.7 Å². The summed E-state index contributed by atoms with van der Waals surface area (Å²) in [5.74, 6) is -1.02. The zero-order chi connectivity index (χ0) is 18.5. The Kier molecular flexibility index (Phi) is 5.31. The topological polar surface area (TPSA) is 92.7 Å². The number of hydrogen-bond acceptors (Lipinski definition) is 4. The highest BCUT2D eigenvalue weighted by atomic mass is 16.5. The first-order chi connectivity index (χ1) is 12.5. The van der Waals surface area contributed by atoms with Gasteiger partial charge < -0.3 is 15.2 Å². The summed E-state index contributed by atoms with van der Waals surface area (Å²) >= 11 is 0. The summed E-state index contributed by atoms with van der Waals surface area (Å²) < 4.78 is 5.41. The fourth-order valence-electron chi connectivity index (χ4n) is 2.90. The molecule has 6 nitrogen and oxygen atoms in total. The molecule has 6 heteroatoms. The number of benzene rings is 2. The number of carboxylic acids is 1. The van der Waals surface area contributed by atoms with E-state index in [0.717, 1.165) is 17.7 Å². The van der Waals surface area contributed by atoms with Crippen LogP contribution in [0.15, 0.2) is 48.5 Å². The van der Waals surface area contributed by atoms with Crippen molar-refractivity contribution >= 4 is 17.7 Å². The molecule has 0 fully saturated rings. The van der Waals surface area contributed by atoms with E-state index in [1.807, 2.05) is 6.07 Å². The van der Waals surface area contributed by atoms with Crippen molar-refractivity contribution in [2.75, 3.05) is 6.61 Å². The molecule has 1 amide bonds. The van der Waals surface area contributed by atoms with E-state index >= 15 is 0 Å². The molecule has 0 bridgehead atoms. The van der Waals surface area contributed by atoms with Crippen molar-refractivity contribution in [2.45, 2.75) is 25.3 Å². The highest BCUT2D eigenvalue weighted by Gasteiger charge is 2.24. The van der Waals surface area contributed by atoms with E-state index in [1.165, 1.54) is 0 Å². The monoisotopic (exact) mass is 353 g/mol. The lowest BCUT2D eigenvalue weighted by Crippen LogP contribution is -2.34. The van der Waals surface area contributed by atoms with Crippen molar-refractivity contribution in [3.8, 4) is 5.75 Å². The first kappa shape index (κ1) is 17.7. The summed E-state index contributed by atoms with van der Waals surface area (Å²) in [6, 6.07) is 12.6. The van der Waals surface area contributed by atoms with Crippen LogP contribution in [0.25, 0.3) is 0 Å². The van der Waals surface area contributed by atoms with E-state index in [-0.39, 0.29) is 18.6 Å². The van der Waals surface area contributed by atoms with Crippen molar-refractivity contribution in [3.05, 3.63) is 65.2 Å². The average molecular weight is 353 g/mol. The number of fused-ring (bicyclic) bond motifs is 1. The first-order valence-electron chi connectivity index (χ1n) is 8.40. The second-order valence-electron chi connectivity index (χ2n) is 6.09. The second kappa shape index (κ2) is 7.82. The Morgan fingerprint density at radius 2 is 1.85 bits per heavy atom. The summed E-state index contributed by atoms with van der Waals surface area (Å²) in [7, 11) is 0. The molecule has 0 aliphatic carbocycles. The Hall–Kier alpha value is -3.15. The summed E-state index contributed by atoms with van der Waals surface area (Å²) in [5, 5.41) is 12.0. The third-order valence-electron chi connectivity index (χ3n) is 4.27. The van der Waals surface area contributed by atoms with E-state index in [2.05, 4.69) is 5.32 Å². The average Bonchev–Trinajstić information content (AvgIpc) is 3.12. The molecule has 1 aliphatic heterocycles. The molecule has 26 heavy (non-hydrogen) atoms. The largest absolute Gasteiger partial charge is 0.493 e. The quantitative estimate of drug-likeness (QED) is 0.746. The lowest BCUT2D eigenvalue weighted by atomic mass is 10.0. The maximum absolute atomic E-state index is 12.1. The van der Waals surface area contributed by atoms with E-state index < -0.39 is 17.9 Å². The molecule has 0 aromatic heterocycles. The van der Waals surface area contributed by atoms with Gasteiger partial charge in [0, 0.05) is 24.8 Å². The van der Waals surface area contributed by atoms with Gasteiger partial charge in [0.15, 0.2) is 11.8 Å². The predicted molar refractivity (Wildman–Crippen MR) is 94.2 cm³/mol. The SMILES string of the molecule is O=C(CCC(=O)c1ccccc1)NC(C(=O)O)c1ccc2c(c1)CCO2. The summed E-state index contributed by atoms with van der Waals surface area (Å²) in [6.45, 7) is 0.574. The summed E-state index contributed by atoms with van der Waals surface area (Å²) in [4.78, 5) is 35.8. The third-order valence-corrected chi connectivity index (χ3v) is 4.27. The molecule has 3 rings (SSSR count). The van der Waals surface area contributed by atoms with Gasteiger partial charge in [-0.05, 0) is 23.3 Å². The van der Waals surface area contributed by atoms with Crippen LogP contribution in [-0.4, -0.2) is 29.4 Å². The van der Waals surface area contributed by atoms with Gasteiger partial charge in [0.25, 0.3) is 0 Å². The Morgan fingerprint density at radius 3 is 2.58 bits per heavy atom. The molecule has 1 heterocycles. The minimum absolute atomic E-state index is 0.0280. The number of carbonyl (C=O) groups is 3. The van der Waals surface area contributed by atoms with Gasteiger partial charge in [-0.2, -0.15) is 0 Å². The number of nitrogens with one attached hydrogen (secondary N) is 1. The summed E-state index contributed by atoms with van der Waals surface area (Å²) in [6.07, 6.45) is 0.681. The molecule has 1 aliphatic rings. The van der Waals surface area contributed by atoms with Crippen LogP contribution < -0.4 is 10.1 Å². The molecule has 0 spiro atoms. The lowest BCUT2D eigenvalue weighted by molar-refractivity contribution is -0.142. The van der Waals surface area contributed by atoms with Crippen LogP contribution in [0.1, 0.15) is 40.4 Å². The molecule has 0 saturated carbocycles. The van der Waals surface area contributed by atoms with Gasteiger partial charge in [0.05, 0.1) is 6.61 Å². The minimum Gasteiger partial charge on any atom is -0.493 e. The van der Waals surface area contributed by atoms with Gasteiger partial charge in [-0.25, -0.2) is 4.79 Å². The van der Waals surface area contributed by atoms with Crippen LogP contribution in [-0.2, 0) is 16.0 Å². The number of carboxylic acid groups (broad SMARTS) is 1. The van der Waals surface area contributed by atoms with Crippen LogP contribution in [0.3, 0.4) is 0 Å². The number of Topliss-reactive ketones (excluding diaryl/α,β-unsaturated/α-hetero) is 1. The Bertz CT molecular complexity index is 831. The zero-order valence-corrected chi connectivity index (χ0v) is 14.1. The Morgan fingerprint density at radius 1 is 1.08 bits per heavy atom. The van der Waals surface area contributed by atoms with Crippen molar-refractivity contribution in [1.29, 1.82) is 0 Å². The number of carbonyl (C=O) groups excluding carboxylic acids is 2. The second-order valence-corrected chi connectivity index (χ2v) is 6.09. The summed E-state index contributed by atoms with van der Waals surface area (Å²) in [5.41, 5.74) is 1.96. The first-order valence-corrected chi connectivity index (χ1v) is 8.40. The number of hydrogen-bond donors (Lipinski definition) is 2. The van der Waals surface area contributed by atoms with Crippen molar-refractivity contribution in [2.24, 2.45) is 0 Å². The Labute approximate surface area is 150 Å². The standard InChI is InChI=1S/C20H19NO5/c22-16(13-4-2-1-3-5-13)7-9-18(23)21-19(20(24)25)15-6-8-17-14(12-15)10-11-26-17/h1-6,8,12,19H,7,9-11H2,(H,21,23)(H,24,25). The molecule has 0 saturated heterocycles. The predicted octanol–water partition coefficient (Wildman–Crippen LogP) is 2.53. The third kappa shape index (κ3) is 4.08. The van der Waals surface area contributed by atoms with Gasteiger partial charge in [-0.15, -0.1) is 0 Å². The number of amides is 1. The molecule has 2 aromatic rings. The Balaban J connectivity index is 1.62. The molecular formula is C20H19NO5. The number of ether oxygens (including phenoxy) is 1. The number of ketones is 1. The lowest BCUT2D eigenvalue weighted by Gasteiger charge is -2.15. The van der Waals surface area contributed by atoms with E-state index in [9.17, 15) is 19.5 Å². The highest BCUT2D eigenvalue weighted by Crippen LogP contribution is 2.28. The van der Waals surface area contributed by atoms with Gasteiger partial charge in [0.2, 0.25) is 5.91 Å². The molecular weight excluding hydrogens is 334 g/mol. The highest BCUT2D eigenvalue weighted by molar-refractivity contribution is 5.98. The smallest absolute Gasteiger partial charge is 0.330 e. The van der Waals surface area contributed by atoms with Crippen LogP contribution >= 0.6 is 0 Å². The normalized spacial score (nSPS) is 13.4. The molecule has 1 atom stereocenters. The van der Waals surface area contributed by atoms with Gasteiger partial charge in [-0.1, -0.05) is 36.4 Å². The van der Waals surface area contributed by atoms with Crippen LogP contribution in [0.2, 0.25) is 0 Å². The fraction of sp³-hybridized carbons (Fsp3) is 0.250.